The molecule has 0 saturated heterocycles. The number of hydrogen-bond donors (Lipinski definition) is 2. The third-order valence-corrected chi connectivity index (χ3v) is 3.43. The number of rotatable bonds is 7. The number of amides is 1. The van der Waals surface area contributed by atoms with Crippen LogP contribution in [0.1, 0.15) is 28.8 Å². The average Bonchev–Trinajstić information content (AvgIpc) is 2.38. The summed E-state index contributed by atoms with van der Waals surface area (Å²) in [6, 6.07) is 7.02. The maximum absolute atomic E-state index is 11.8. The van der Waals surface area contributed by atoms with Gasteiger partial charge in [-0.25, -0.2) is 0 Å². The van der Waals surface area contributed by atoms with Crippen LogP contribution in [0.25, 0.3) is 0 Å². The molecule has 0 aliphatic heterocycles. The van der Waals surface area contributed by atoms with Gasteiger partial charge in [-0.2, -0.15) is 11.8 Å². The summed E-state index contributed by atoms with van der Waals surface area (Å²) in [4.78, 5) is 12.1. The van der Waals surface area contributed by atoms with Crippen LogP contribution in [0.4, 0.5) is 0 Å². The summed E-state index contributed by atoms with van der Waals surface area (Å²) in [5.41, 5.74) is 6.91. The molecule has 18 heavy (non-hydrogen) atoms. The van der Waals surface area contributed by atoms with Crippen molar-refractivity contribution in [2.75, 3.05) is 18.6 Å². The highest BCUT2D eigenvalue weighted by atomic mass is 32.2. The Morgan fingerprint density at radius 2 is 1.89 bits per heavy atom. The molecule has 3 nitrogen and oxygen atoms in total. The van der Waals surface area contributed by atoms with Crippen molar-refractivity contribution in [2.45, 2.75) is 12.8 Å². The molecular formula is C13H18N2OS2. The van der Waals surface area contributed by atoms with E-state index in [9.17, 15) is 4.79 Å². The Kier molecular flexibility index (Phi) is 6.75. The summed E-state index contributed by atoms with van der Waals surface area (Å²) in [5.74, 6) is 1.09. The van der Waals surface area contributed by atoms with Crippen LogP contribution in [0.5, 0.6) is 0 Å². The van der Waals surface area contributed by atoms with Crippen LogP contribution in [0.2, 0.25) is 0 Å². The van der Waals surface area contributed by atoms with Gasteiger partial charge in [0, 0.05) is 17.7 Å². The van der Waals surface area contributed by atoms with E-state index in [1.807, 2.05) is 11.8 Å². The summed E-state index contributed by atoms with van der Waals surface area (Å²) in [5, 5.41) is 2.89. The summed E-state index contributed by atoms with van der Waals surface area (Å²) in [7, 11) is 0. The molecule has 0 aliphatic carbocycles. The number of benzene rings is 1. The summed E-state index contributed by atoms with van der Waals surface area (Å²) < 4.78 is 0. The molecule has 0 saturated carbocycles. The number of nitrogens with one attached hydrogen (secondary N) is 1. The second-order valence-electron chi connectivity index (χ2n) is 3.90. The van der Waals surface area contributed by atoms with Crippen LogP contribution in [-0.4, -0.2) is 29.4 Å². The third-order valence-electron chi connectivity index (χ3n) is 2.49. The predicted octanol–water partition coefficient (Wildman–Crippen LogP) is 2.19. The maximum Gasteiger partial charge on any atom is 0.251 e. The van der Waals surface area contributed by atoms with E-state index in [0.29, 0.717) is 10.6 Å². The minimum atomic E-state index is -0.0476. The Labute approximate surface area is 118 Å². The lowest BCUT2D eigenvalue weighted by Crippen LogP contribution is -2.24. The van der Waals surface area contributed by atoms with E-state index in [-0.39, 0.29) is 5.91 Å². The summed E-state index contributed by atoms with van der Waals surface area (Å²) in [6.45, 7) is 0.719. The van der Waals surface area contributed by atoms with Crippen molar-refractivity contribution in [3.63, 3.8) is 0 Å². The molecule has 0 radical (unpaired) electrons. The molecule has 0 aromatic heterocycles. The first kappa shape index (κ1) is 15.0. The molecule has 0 fully saturated rings. The zero-order valence-corrected chi connectivity index (χ0v) is 12.1. The number of carbonyl (C=O) groups is 1. The van der Waals surface area contributed by atoms with Gasteiger partial charge in [-0.1, -0.05) is 24.4 Å². The Morgan fingerprint density at radius 1 is 1.28 bits per heavy atom. The average molecular weight is 282 g/mol. The molecular weight excluding hydrogens is 264 g/mol. The first-order valence-corrected chi connectivity index (χ1v) is 7.62. The number of thiocarbonyl (C=S) groups is 1. The topological polar surface area (TPSA) is 55.1 Å². The molecule has 0 spiro atoms. The van der Waals surface area contributed by atoms with E-state index >= 15 is 0 Å². The van der Waals surface area contributed by atoms with Crippen molar-refractivity contribution in [1.82, 2.24) is 5.32 Å². The number of unbranched alkanes of at least 4 members (excludes halogenated alkanes) is 1. The Balaban J connectivity index is 2.39. The SMILES string of the molecule is CSCCCCNC(=O)c1ccc(C(N)=S)cc1. The number of thioether (sulfide) groups is 1. The van der Waals surface area contributed by atoms with E-state index in [2.05, 4.69) is 11.6 Å². The fourth-order valence-corrected chi connectivity index (χ4v) is 2.09. The Bertz CT molecular complexity index is 404. The van der Waals surface area contributed by atoms with Crippen LogP contribution < -0.4 is 11.1 Å². The second-order valence-corrected chi connectivity index (χ2v) is 5.32. The molecule has 1 aromatic rings. The molecule has 1 amide bonds. The minimum absolute atomic E-state index is 0.0476. The van der Waals surface area contributed by atoms with Crippen LogP contribution in [-0.2, 0) is 0 Å². The summed E-state index contributed by atoms with van der Waals surface area (Å²) >= 11 is 6.68. The fourth-order valence-electron chi connectivity index (χ4n) is 1.46. The molecule has 0 aliphatic rings. The standard InChI is InChI=1S/C13H18N2OS2/c1-18-9-3-2-8-15-13(16)11-6-4-10(5-7-11)12(14)17/h4-7H,2-3,8-9H2,1H3,(H2,14,17)(H,15,16). The Hall–Kier alpha value is -1.07. The maximum atomic E-state index is 11.8. The van der Waals surface area contributed by atoms with E-state index in [1.54, 1.807) is 24.3 Å². The third kappa shape index (κ3) is 5.06. The molecule has 0 unspecified atom stereocenters. The van der Waals surface area contributed by atoms with Gasteiger partial charge >= 0.3 is 0 Å². The number of carbonyl (C=O) groups excluding carboxylic acids is 1. The quantitative estimate of drug-likeness (QED) is 0.594. The molecule has 0 heterocycles. The highest BCUT2D eigenvalue weighted by Gasteiger charge is 2.04. The lowest BCUT2D eigenvalue weighted by Gasteiger charge is -2.05. The second kappa shape index (κ2) is 8.11. The minimum Gasteiger partial charge on any atom is -0.389 e. The van der Waals surface area contributed by atoms with Crippen molar-refractivity contribution < 1.29 is 4.79 Å². The van der Waals surface area contributed by atoms with Crippen molar-refractivity contribution in [3.8, 4) is 0 Å². The molecule has 5 heteroatoms. The molecule has 0 bridgehead atoms. The van der Waals surface area contributed by atoms with Gasteiger partial charge in [0.15, 0.2) is 0 Å². The lowest BCUT2D eigenvalue weighted by atomic mass is 10.1. The van der Waals surface area contributed by atoms with Gasteiger partial charge in [0.1, 0.15) is 4.99 Å². The van der Waals surface area contributed by atoms with Crippen molar-refractivity contribution in [1.29, 1.82) is 0 Å². The van der Waals surface area contributed by atoms with E-state index in [0.717, 1.165) is 30.7 Å². The van der Waals surface area contributed by atoms with Gasteiger partial charge in [0.05, 0.1) is 0 Å². The van der Waals surface area contributed by atoms with Gasteiger partial charge in [0.2, 0.25) is 0 Å². The molecule has 0 atom stereocenters. The zero-order chi connectivity index (χ0) is 13.4. The van der Waals surface area contributed by atoms with Crippen molar-refractivity contribution >= 4 is 34.9 Å². The highest BCUT2D eigenvalue weighted by Crippen LogP contribution is 2.04. The van der Waals surface area contributed by atoms with Gasteiger partial charge in [0.25, 0.3) is 5.91 Å². The molecule has 1 aromatic carbocycles. The Morgan fingerprint density at radius 3 is 2.44 bits per heavy atom. The molecule has 3 N–H and O–H groups in total. The van der Waals surface area contributed by atoms with E-state index in [1.165, 1.54) is 0 Å². The smallest absolute Gasteiger partial charge is 0.251 e. The van der Waals surface area contributed by atoms with Crippen LogP contribution in [0.3, 0.4) is 0 Å². The van der Waals surface area contributed by atoms with E-state index < -0.39 is 0 Å². The largest absolute Gasteiger partial charge is 0.389 e. The predicted molar refractivity (Wildman–Crippen MR) is 82.3 cm³/mol. The van der Waals surface area contributed by atoms with E-state index in [4.69, 9.17) is 18.0 Å². The first-order chi connectivity index (χ1) is 8.65. The zero-order valence-electron chi connectivity index (χ0n) is 10.4. The van der Waals surface area contributed by atoms with Gasteiger partial charge < -0.3 is 11.1 Å². The number of hydrogen-bond acceptors (Lipinski definition) is 3. The summed E-state index contributed by atoms with van der Waals surface area (Å²) in [6.07, 6.45) is 4.22. The van der Waals surface area contributed by atoms with Crippen molar-refractivity contribution in [3.05, 3.63) is 35.4 Å². The van der Waals surface area contributed by atoms with Gasteiger partial charge in [-0.15, -0.1) is 0 Å². The monoisotopic (exact) mass is 282 g/mol. The van der Waals surface area contributed by atoms with Gasteiger partial charge in [-0.3, -0.25) is 4.79 Å². The van der Waals surface area contributed by atoms with Crippen LogP contribution in [0.15, 0.2) is 24.3 Å². The lowest BCUT2D eigenvalue weighted by molar-refractivity contribution is 0.0953. The van der Waals surface area contributed by atoms with Crippen LogP contribution >= 0.6 is 24.0 Å². The number of nitrogens with two attached hydrogens (primary N) is 1. The van der Waals surface area contributed by atoms with Crippen LogP contribution in [0, 0.1) is 0 Å². The molecule has 1 rings (SSSR count). The van der Waals surface area contributed by atoms with Gasteiger partial charge in [-0.05, 0) is 37.0 Å². The normalized spacial score (nSPS) is 10.1. The highest BCUT2D eigenvalue weighted by molar-refractivity contribution is 7.98. The fraction of sp³-hybridized carbons (Fsp3) is 0.385. The first-order valence-electron chi connectivity index (χ1n) is 5.82. The van der Waals surface area contributed by atoms with Crippen molar-refractivity contribution in [2.24, 2.45) is 5.73 Å². The molecule has 98 valence electrons.